The summed E-state index contributed by atoms with van der Waals surface area (Å²) in [5, 5.41) is 11.7. The highest BCUT2D eigenvalue weighted by Gasteiger charge is 2.18. The third kappa shape index (κ3) is 4.06. The van der Waals surface area contributed by atoms with Gasteiger partial charge in [0.1, 0.15) is 0 Å². The second kappa shape index (κ2) is 7.89. The molecule has 6 nitrogen and oxygen atoms in total. The summed E-state index contributed by atoms with van der Waals surface area (Å²) in [6.45, 7) is 6.66. The molecule has 138 valence electrons. The number of nitrogens with one attached hydrogen (secondary N) is 1. The topological polar surface area (TPSA) is 57.2 Å². The van der Waals surface area contributed by atoms with Crippen molar-refractivity contribution in [2.75, 3.05) is 41.3 Å². The quantitative estimate of drug-likeness (QED) is 0.902. The van der Waals surface area contributed by atoms with Crippen molar-refractivity contribution in [3.05, 3.63) is 30.5 Å². The molecule has 1 aromatic carbocycles. The van der Waals surface area contributed by atoms with Gasteiger partial charge in [-0.05, 0) is 62.3 Å². The van der Waals surface area contributed by atoms with E-state index in [1.807, 2.05) is 0 Å². The van der Waals surface area contributed by atoms with Gasteiger partial charge in [-0.1, -0.05) is 6.92 Å². The van der Waals surface area contributed by atoms with Crippen LogP contribution in [0.25, 0.3) is 0 Å². The normalized spacial score (nSPS) is 18.8. The highest BCUT2D eigenvalue weighted by Crippen LogP contribution is 2.24. The molecule has 0 atom stereocenters. The molecule has 6 heteroatoms. The molecule has 2 fully saturated rings. The Balaban J connectivity index is 1.41. The van der Waals surface area contributed by atoms with Gasteiger partial charge >= 0.3 is 0 Å². The Morgan fingerprint density at radius 3 is 2.38 bits per heavy atom. The summed E-state index contributed by atoms with van der Waals surface area (Å²) in [6, 6.07) is 8.62. The Bertz CT molecular complexity index is 702. The monoisotopic (exact) mass is 352 g/mol. The molecule has 4 rings (SSSR count). The van der Waals surface area contributed by atoms with Crippen molar-refractivity contribution in [3.8, 4) is 0 Å². The van der Waals surface area contributed by atoms with Gasteiger partial charge in [-0.2, -0.15) is 10.1 Å². The third-order valence-electron chi connectivity index (χ3n) is 5.48. The number of piperidine rings is 2. The van der Waals surface area contributed by atoms with Crippen LogP contribution >= 0.6 is 0 Å². The van der Waals surface area contributed by atoms with E-state index < -0.39 is 0 Å². The van der Waals surface area contributed by atoms with E-state index >= 15 is 0 Å². The van der Waals surface area contributed by atoms with Crippen molar-refractivity contribution in [1.29, 1.82) is 0 Å². The zero-order valence-corrected chi connectivity index (χ0v) is 15.6. The minimum atomic E-state index is 0.729. The van der Waals surface area contributed by atoms with Gasteiger partial charge < -0.3 is 15.1 Å². The summed E-state index contributed by atoms with van der Waals surface area (Å²) in [4.78, 5) is 9.36. The molecular formula is C20H28N6. The van der Waals surface area contributed by atoms with E-state index in [2.05, 4.69) is 61.5 Å². The Kier molecular flexibility index (Phi) is 5.18. The van der Waals surface area contributed by atoms with Gasteiger partial charge in [-0.15, -0.1) is 5.10 Å². The lowest BCUT2D eigenvalue weighted by atomic mass is 10.00. The SMILES string of the molecule is CC1CCN(c2nncc(Nc3ccc(N4CCCCC4)cc3)n2)CC1. The number of hydrogen-bond donors (Lipinski definition) is 1. The third-order valence-corrected chi connectivity index (χ3v) is 5.48. The van der Waals surface area contributed by atoms with Crippen molar-refractivity contribution in [2.24, 2.45) is 5.92 Å². The lowest BCUT2D eigenvalue weighted by molar-refractivity contribution is 0.433. The summed E-state index contributed by atoms with van der Waals surface area (Å²) in [6.07, 6.45) is 8.02. The molecule has 26 heavy (non-hydrogen) atoms. The van der Waals surface area contributed by atoms with Crippen LogP contribution in [0, 0.1) is 5.92 Å². The van der Waals surface area contributed by atoms with Crippen LogP contribution in [0.1, 0.15) is 39.0 Å². The fourth-order valence-corrected chi connectivity index (χ4v) is 3.75. The van der Waals surface area contributed by atoms with Crippen molar-refractivity contribution in [3.63, 3.8) is 0 Å². The number of aromatic nitrogens is 3. The number of rotatable bonds is 4. The fourth-order valence-electron chi connectivity index (χ4n) is 3.75. The molecule has 0 aliphatic carbocycles. The lowest BCUT2D eigenvalue weighted by Crippen LogP contribution is -2.34. The zero-order chi connectivity index (χ0) is 17.8. The first-order valence-electron chi connectivity index (χ1n) is 9.85. The van der Waals surface area contributed by atoms with Crippen molar-refractivity contribution < 1.29 is 0 Å². The molecule has 2 aliphatic heterocycles. The zero-order valence-electron chi connectivity index (χ0n) is 15.6. The van der Waals surface area contributed by atoms with E-state index in [0.717, 1.165) is 36.5 Å². The largest absolute Gasteiger partial charge is 0.372 e. The second-order valence-corrected chi connectivity index (χ2v) is 7.53. The van der Waals surface area contributed by atoms with Crippen LogP contribution in [-0.2, 0) is 0 Å². The molecule has 0 amide bonds. The smallest absolute Gasteiger partial charge is 0.247 e. The van der Waals surface area contributed by atoms with Crippen LogP contribution in [0.15, 0.2) is 30.5 Å². The minimum absolute atomic E-state index is 0.729. The highest BCUT2D eigenvalue weighted by atomic mass is 15.3. The van der Waals surface area contributed by atoms with Gasteiger partial charge in [0.25, 0.3) is 0 Å². The molecule has 0 saturated carbocycles. The van der Waals surface area contributed by atoms with E-state index in [1.54, 1.807) is 6.20 Å². The van der Waals surface area contributed by atoms with Crippen molar-refractivity contribution in [1.82, 2.24) is 15.2 Å². The number of anilines is 4. The molecule has 0 unspecified atom stereocenters. The summed E-state index contributed by atoms with van der Waals surface area (Å²) < 4.78 is 0. The van der Waals surface area contributed by atoms with Gasteiger partial charge in [0.15, 0.2) is 5.82 Å². The van der Waals surface area contributed by atoms with E-state index in [0.29, 0.717) is 0 Å². The first-order chi connectivity index (χ1) is 12.8. The minimum Gasteiger partial charge on any atom is -0.372 e. The Morgan fingerprint density at radius 2 is 1.65 bits per heavy atom. The molecule has 0 spiro atoms. The maximum atomic E-state index is 4.66. The van der Waals surface area contributed by atoms with Gasteiger partial charge in [-0.25, -0.2) is 0 Å². The van der Waals surface area contributed by atoms with Crippen LogP contribution in [0.5, 0.6) is 0 Å². The molecule has 1 N–H and O–H groups in total. The first kappa shape index (κ1) is 17.1. The van der Waals surface area contributed by atoms with Crippen LogP contribution in [-0.4, -0.2) is 41.4 Å². The molecule has 2 aromatic rings. The number of benzene rings is 1. The van der Waals surface area contributed by atoms with Gasteiger partial charge in [0, 0.05) is 37.6 Å². The second-order valence-electron chi connectivity index (χ2n) is 7.53. The van der Waals surface area contributed by atoms with E-state index in [1.165, 1.54) is 50.9 Å². The predicted octanol–water partition coefficient (Wildman–Crippen LogP) is 3.84. The van der Waals surface area contributed by atoms with E-state index in [9.17, 15) is 0 Å². The maximum absolute atomic E-state index is 4.66. The molecule has 0 radical (unpaired) electrons. The summed E-state index contributed by atoms with van der Waals surface area (Å²) in [5.74, 6) is 2.27. The lowest BCUT2D eigenvalue weighted by Gasteiger charge is -2.30. The van der Waals surface area contributed by atoms with Crippen LogP contribution in [0.3, 0.4) is 0 Å². The summed E-state index contributed by atoms with van der Waals surface area (Å²) in [5.41, 5.74) is 2.34. The first-order valence-corrected chi connectivity index (χ1v) is 9.85. The van der Waals surface area contributed by atoms with E-state index in [-0.39, 0.29) is 0 Å². The van der Waals surface area contributed by atoms with Crippen LogP contribution in [0.2, 0.25) is 0 Å². The van der Waals surface area contributed by atoms with Gasteiger partial charge in [0.2, 0.25) is 5.95 Å². The molecular weight excluding hydrogens is 324 g/mol. The molecule has 3 heterocycles. The standard InChI is InChI=1S/C20H28N6/c1-16-9-13-26(14-10-16)20-23-19(15-21-24-20)22-17-5-7-18(8-6-17)25-11-3-2-4-12-25/h5-8,15-16H,2-4,9-14H2,1H3,(H,22,23,24). The molecule has 2 saturated heterocycles. The highest BCUT2D eigenvalue weighted by molar-refractivity contribution is 5.61. The number of hydrogen-bond acceptors (Lipinski definition) is 6. The molecule has 2 aliphatic rings. The average molecular weight is 352 g/mol. The predicted molar refractivity (Wildman–Crippen MR) is 106 cm³/mol. The van der Waals surface area contributed by atoms with Crippen LogP contribution < -0.4 is 15.1 Å². The summed E-state index contributed by atoms with van der Waals surface area (Å²) >= 11 is 0. The van der Waals surface area contributed by atoms with Crippen molar-refractivity contribution in [2.45, 2.75) is 39.0 Å². The molecule has 0 bridgehead atoms. The van der Waals surface area contributed by atoms with Crippen molar-refractivity contribution >= 4 is 23.1 Å². The summed E-state index contributed by atoms with van der Waals surface area (Å²) in [7, 11) is 0. The Labute approximate surface area is 155 Å². The Morgan fingerprint density at radius 1 is 0.923 bits per heavy atom. The van der Waals surface area contributed by atoms with Gasteiger partial charge in [0.05, 0.1) is 6.20 Å². The van der Waals surface area contributed by atoms with E-state index in [4.69, 9.17) is 0 Å². The number of nitrogens with zero attached hydrogens (tertiary/aromatic N) is 5. The fraction of sp³-hybridized carbons (Fsp3) is 0.550. The maximum Gasteiger partial charge on any atom is 0.247 e. The Hall–Kier alpha value is -2.37. The van der Waals surface area contributed by atoms with Crippen LogP contribution in [0.4, 0.5) is 23.1 Å². The van der Waals surface area contributed by atoms with Gasteiger partial charge in [-0.3, -0.25) is 0 Å². The molecule has 1 aromatic heterocycles. The average Bonchev–Trinajstić information content (AvgIpc) is 2.70.